The number of aromatic nitrogens is 4. The topological polar surface area (TPSA) is 43.6 Å². The van der Waals surface area contributed by atoms with Gasteiger partial charge in [0.05, 0.1) is 11.4 Å². The first-order valence-electron chi connectivity index (χ1n) is 5.47. The minimum absolute atomic E-state index is 0.210. The number of aryl methyl sites for hydroxylation is 1. The fourth-order valence-corrected chi connectivity index (χ4v) is 1.64. The van der Waals surface area contributed by atoms with E-state index in [1.165, 1.54) is 4.68 Å². The minimum Gasteiger partial charge on any atom is -0.249 e. The summed E-state index contributed by atoms with van der Waals surface area (Å²) in [6.07, 6.45) is -0.768. The molecule has 0 saturated heterocycles. The van der Waals surface area contributed by atoms with Crippen LogP contribution in [-0.2, 0) is 6.54 Å². The molecule has 0 fully saturated rings. The highest BCUT2D eigenvalue weighted by molar-refractivity contribution is 5.73. The van der Waals surface area contributed by atoms with Gasteiger partial charge in [-0.1, -0.05) is 13.8 Å². The van der Waals surface area contributed by atoms with Crippen LogP contribution in [0.4, 0.5) is 8.78 Å². The second-order valence-corrected chi connectivity index (χ2v) is 4.28. The van der Waals surface area contributed by atoms with Crippen molar-refractivity contribution in [1.29, 1.82) is 0 Å². The molecule has 6 heteroatoms. The summed E-state index contributed by atoms with van der Waals surface area (Å²) in [6.45, 7) is 5.27. The number of rotatable bonds is 3. The molecule has 2 aromatic heterocycles. The summed E-state index contributed by atoms with van der Waals surface area (Å²) in [7, 11) is 0. The first-order chi connectivity index (χ1) is 7.99. The molecular formula is C11H14F2N4. The average molecular weight is 240 g/mol. The lowest BCUT2D eigenvalue weighted by Gasteiger charge is -2.05. The Bertz CT molecular complexity index is 533. The summed E-state index contributed by atoms with van der Waals surface area (Å²) in [4.78, 5) is 8.59. The number of nitrogens with zero attached hydrogens (tertiary/aromatic N) is 4. The Hall–Kier alpha value is -1.59. The van der Waals surface area contributed by atoms with Crippen LogP contribution in [0.5, 0.6) is 0 Å². The van der Waals surface area contributed by atoms with Crippen molar-refractivity contribution in [1.82, 2.24) is 19.7 Å². The molecule has 0 amide bonds. The second-order valence-electron chi connectivity index (χ2n) is 4.28. The van der Waals surface area contributed by atoms with Gasteiger partial charge in [0, 0.05) is 6.20 Å². The second kappa shape index (κ2) is 4.35. The molecule has 92 valence electrons. The summed E-state index contributed by atoms with van der Waals surface area (Å²) < 4.78 is 26.0. The summed E-state index contributed by atoms with van der Waals surface area (Å²) in [6, 6.07) is 0. The molecule has 0 saturated carbocycles. The van der Waals surface area contributed by atoms with E-state index in [1.54, 1.807) is 13.1 Å². The smallest absolute Gasteiger partial charge is 0.249 e. The Morgan fingerprint density at radius 1 is 1.35 bits per heavy atom. The van der Waals surface area contributed by atoms with E-state index in [0.29, 0.717) is 16.9 Å². The number of alkyl halides is 2. The van der Waals surface area contributed by atoms with Crippen LogP contribution < -0.4 is 0 Å². The quantitative estimate of drug-likeness (QED) is 0.828. The van der Waals surface area contributed by atoms with Gasteiger partial charge in [0.15, 0.2) is 5.65 Å². The van der Waals surface area contributed by atoms with Gasteiger partial charge < -0.3 is 0 Å². The van der Waals surface area contributed by atoms with E-state index in [9.17, 15) is 8.78 Å². The molecule has 0 aliphatic heterocycles. The minimum atomic E-state index is -2.44. The maximum absolute atomic E-state index is 12.4. The molecule has 0 atom stereocenters. The van der Waals surface area contributed by atoms with Crippen LogP contribution in [0.2, 0.25) is 0 Å². The summed E-state index contributed by atoms with van der Waals surface area (Å²) in [5.74, 6) is 0.210. The first-order valence-corrected chi connectivity index (χ1v) is 5.47. The molecule has 2 heterocycles. The standard InChI is InChI=1S/C11H14F2N4/c1-6(2)8-4-14-10-7(3)16-17(5-9(12)13)11(10)15-8/h4,6,9H,5H2,1-3H3. The number of hydrogen-bond donors (Lipinski definition) is 0. The van der Waals surface area contributed by atoms with Crippen molar-refractivity contribution in [3.8, 4) is 0 Å². The molecule has 0 bridgehead atoms. The van der Waals surface area contributed by atoms with E-state index in [0.717, 1.165) is 5.69 Å². The van der Waals surface area contributed by atoms with E-state index in [4.69, 9.17) is 0 Å². The third kappa shape index (κ3) is 2.25. The molecule has 4 nitrogen and oxygen atoms in total. The molecule has 0 aliphatic rings. The Morgan fingerprint density at radius 3 is 2.65 bits per heavy atom. The first kappa shape index (κ1) is 11.9. The maximum Gasteiger partial charge on any atom is 0.258 e. The highest BCUT2D eigenvalue weighted by atomic mass is 19.3. The third-order valence-corrected chi connectivity index (χ3v) is 2.53. The molecule has 0 unspecified atom stereocenters. The summed E-state index contributed by atoms with van der Waals surface area (Å²) in [5, 5.41) is 4.04. The Labute approximate surface area is 97.7 Å². The predicted octanol–water partition coefficient (Wildman–Crippen LogP) is 2.52. The van der Waals surface area contributed by atoms with E-state index >= 15 is 0 Å². The Balaban J connectivity index is 2.56. The maximum atomic E-state index is 12.4. The van der Waals surface area contributed by atoms with Crippen LogP contribution in [0, 0.1) is 6.92 Å². The van der Waals surface area contributed by atoms with E-state index < -0.39 is 13.0 Å². The molecule has 0 aliphatic carbocycles. The number of fused-ring (bicyclic) bond motifs is 1. The highest BCUT2D eigenvalue weighted by Gasteiger charge is 2.15. The van der Waals surface area contributed by atoms with Crippen LogP contribution in [0.25, 0.3) is 11.2 Å². The van der Waals surface area contributed by atoms with E-state index in [1.807, 2.05) is 13.8 Å². The fourth-order valence-electron chi connectivity index (χ4n) is 1.64. The number of halogens is 2. The molecule has 0 spiro atoms. The van der Waals surface area contributed by atoms with Crippen molar-refractivity contribution >= 4 is 11.2 Å². The Morgan fingerprint density at radius 2 is 2.06 bits per heavy atom. The molecule has 17 heavy (non-hydrogen) atoms. The zero-order chi connectivity index (χ0) is 12.6. The normalized spacial score (nSPS) is 11.9. The van der Waals surface area contributed by atoms with Crippen LogP contribution in [0.15, 0.2) is 6.20 Å². The van der Waals surface area contributed by atoms with E-state index in [-0.39, 0.29) is 5.92 Å². The van der Waals surface area contributed by atoms with Crippen molar-refractivity contribution in [3.05, 3.63) is 17.6 Å². The molecule has 0 N–H and O–H groups in total. The van der Waals surface area contributed by atoms with Crippen LogP contribution in [0.3, 0.4) is 0 Å². The van der Waals surface area contributed by atoms with Crippen LogP contribution >= 0.6 is 0 Å². The monoisotopic (exact) mass is 240 g/mol. The molecule has 0 radical (unpaired) electrons. The third-order valence-electron chi connectivity index (χ3n) is 2.53. The average Bonchev–Trinajstić information content (AvgIpc) is 2.54. The highest BCUT2D eigenvalue weighted by Crippen LogP contribution is 2.18. The van der Waals surface area contributed by atoms with Gasteiger partial charge in [-0.3, -0.25) is 0 Å². The largest absolute Gasteiger partial charge is 0.258 e. The van der Waals surface area contributed by atoms with Crippen molar-refractivity contribution in [3.63, 3.8) is 0 Å². The van der Waals surface area contributed by atoms with Crippen molar-refractivity contribution in [2.45, 2.75) is 39.7 Å². The SMILES string of the molecule is Cc1nn(CC(F)F)c2nc(C(C)C)cnc12. The van der Waals surface area contributed by atoms with Crippen molar-refractivity contribution in [2.24, 2.45) is 0 Å². The summed E-state index contributed by atoms with van der Waals surface area (Å²) >= 11 is 0. The molecule has 2 rings (SSSR count). The van der Waals surface area contributed by atoms with Gasteiger partial charge in [0.1, 0.15) is 12.1 Å². The van der Waals surface area contributed by atoms with Gasteiger partial charge in [-0.25, -0.2) is 23.4 Å². The van der Waals surface area contributed by atoms with Crippen LogP contribution in [0.1, 0.15) is 31.2 Å². The molecular weight excluding hydrogens is 226 g/mol. The van der Waals surface area contributed by atoms with E-state index in [2.05, 4.69) is 15.1 Å². The molecule has 0 aromatic carbocycles. The van der Waals surface area contributed by atoms with Crippen LogP contribution in [-0.4, -0.2) is 26.2 Å². The number of hydrogen-bond acceptors (Lipinski definition) is 3. The van der Waals surface area contributed by atoms with Crippen molar-refractivity contribution < 1.29 is 8.78 Å². The fraction of sp³-hybridized carbons (Fsp3) is 0.545. The predicted molar refractivity (Wildman–Crippen MR) is 60.2 cm³/mol. The molecule has 2 aromatic rings. The van der Waals surface area contributed by atoms with Gasteiger partial charge in [-0.05, 0) is 12.8 Å². The zero-order valence-electron chi connectivity index (χ0n) is 9.98. The van der Waals surface area contributed by atoms with Gasteiger partial charge in [0.25, 0.3) is 6.43 Å². The van der Waals surface area contributed by atoms with Gasteiger partial charge in [-0.2, -0.15) is 5.10 Å². The summed E-state index contributed by atoms with van der Waals surface area (Å²) in [5.41, 5.74) is 2.44. The lowest BCUT2D eigenvalue weighted by atomic mass is 10.1. The Kier molecular flexibility index (Phi) is 3.04. The van der Waals surface area contributed by atoms with Gasteiger partial charge in [-0.15, -0.1) is 0 Å². The van der Waals surface area contributed by atoms with Gasteiger partial charge in [0.2, 0.25) is 0 Å². The lowest BCUT2D eigenvalue weighted by molar-refractivity contribution is 0.123. The van der Waals surface area contributed by atoms with Gasteiger partial charge >= 0.3 is 0 Å². The van der Waals surface area contributed by atoms with Crippen molar-refractivity contribution in [2.75, 3.05) is 0 Å². The zero-order valence-corrected chi connectivity index (χ0v) is 9.98. The lowest BCUT2D eigenvalue weighted by Crippen LogP contribution is -2.09.